The lowest BCUT2D eigenvalue weighted by atomic mass is 9.98. The second kappa shape index (κ2) is 6.05. The molecule has 1 atom stereocenters. The van der Waals surface area contributed by atoms with E-state index in [1.165, 1.54) is 12.8 Å². The van der Waals surface area contributed by atoms with Crippen molar-refractivity contribution < 1.29 is 9.53 Å². The first-order valence-corrected chi connectivity index (χ1v) is 8.94. The van der Waals surface area contributed by atoms with Crippen LogP contribution in [0.1, 0.15) is 40.5 Å². The Kier molecular flexibility index (Phi) is 3.90. The molecule has 0 aromatic carbocycles. The molecule has 2 aromatic heterocycles. The van der Waals surface area contributed by atoms with E-state index in [2.05, 4.69) is 10.3 Å². The fourth-order valence-electron chi connectivity index (χ4n) is 3.13. The van der Waals surface area contributed by atoms with Crippen molar-refractivity contribution in [1.29, 1.82) is 0 Å². The molecule has 1 unspecified atom stereocenters. The van der Waals surface area contributed by atoms with Gasteiger partial charge in [-0.05, 0) is 30.2 Å². The van der Waals surface area contributed by atoms with Crippen LogP contribution in [0.15, 0.2) is 16.8 Å². The van der Waals surface area contributed by atoms with Crippen LogP contribution in [0, 0.1) is 5.92 Å². The summed E-state index contributed by atoms with van der Waals surface area (Å²) in [7, 11) is 1.91. The molecular formula is C16H20N4O2S. The lowest BCUT2D eigenvalue weighted by molar-refractivity contribution is 0.0618. The number of nitrogens with zero attached hydrogens (tertiary/aromatic N) is 4. The predicted octanol–water partition coefficient (Wildman–Crippen LogP) is 2.04. The topological polar surface area (TPSA) is 60.2 Å². The monoisotopic (exact) mass is 332 g/mol. The molecule has 6 nitrogen and oxygen atoms in total. The number of ether oxygens (including phenoxy) is 1. The van der Waals surface area contributed by atoms with E-state index in [-0.39, 0.29) is 11.8 Å². The van der Waals surface area contributed by atoms with Crippen molar-refractivity contribution in [2.24, 2.45) is 13.0 Å². The van der Waals surface area contributed by atoms with Gasteiger partial charge in [0.05, 0.1) is 24.4 Å². The zero-order valence-electron chi connectivity index (χ0n) is 13.1. The van der Waals surface area contributed by atoms with Crippen LogP contribution < -0.4 is 0 Å². The van der Waals surface area contributed by atoms with Crippen LogP contribution in [0.25, 0.3) is 0 Å². The molecule has 1 aliphatic heterocycles. The molecule has 1 fully saturated rings. The van der Waals surface area contributed by atoms with E-state index in [0.717, 1.165) is 29.5 Å². The van der Waals surface area contributed by atoms with Crippen molar-refractivity contribution in [2.45, 2.75) is 25.3 Å². The van der Waals surface area contributed by atoms with Crippen LogP contribution in [0.5, 0.6) is 0 Å². The summed E-state index contributed by atoms with van der Waals surface area (Å²) in [6, 6.07) is 1.87. The molecule has 122 valence electrons. The zero-order valence-corrected chi connectivity index (χ0v) is 14.0. The van der Waals surface area contributed by atoms with Crippen LogP contribution in [-0.4, -0.2) is 45.6 Å². The van der Waals surface area contributed by atoms with Gasteiger partial charge in [0, 0.05) is 31.5 Å². The molecular weight excluding hydrogens is 312 g/mol. The lowest BCUT2D eigenvalue weighted by Gasteiger charge is -2.32. The minimum atomic E-state index is 0.0646. The number of amides is 1. The standard InChI is InChI=1S/C16H20N4O2S/c1-19-15-13(9-22-8-11-2-3-11)6-20(7-14(15)17-18-19)16(21)12-4-5-23-10-12/h4-5,10-11,13H,2-3,6-9H2,1H3. The first-order valence-electron chi connectivity index (χ1n) is 8.00. The predicted molar refractivity (Wildman–Crippen MR) is 86.3 cm³/mol. The van der Waals surface area contributed by atoms with Crippen molar-refractivity contribution in [2.75, 3.05) is 19.8 Å². The number of fused-ring (bicyclic) bond motifs is 1. The molecule has 7 heteroatoms. The van der Waals surface area contributed by atoms with E-state index in [1.807, 2.05) is 33.5 Å². The summed E-state index contributed by atoms with van der Waals surface area (Å²) in [6.45, 7) is 2.64. The summed E-state index contributed by atoms with van der Waals surface area (Å²) in [5.41, 5.74) is 2.75. The highest BCUT2D eigenvalue weighted by Gasteiger charge is 2.33. The third-order valence-corrected chi connectivity index (χ3v) is 5.22. The Morgan fingerprint density at radius 2 is 2.30 bits per heavy atom. The second-order valence-corrected chi connectivity index (χ2v) is 7.20. The summed E-state index contributed by atoms with van der Waals surface area (Å²) in [6.07, 6.45) is 2.57. The number of hydrogen-bond donors (Lipinski definition) is 0. The van der Waals surface area contributed by atoms with Crippen LogP contribution in [0.3, 0.4) is 0 Å². The quantitative estimate of drug-likeness (QED) is 0.841. The van der Waals surface area contributed by atoms with Gasteiger partial charge in [0.25, 0.3) is 5.91 Å². The maximum absolute atomic E-state index is 12.7. The number of carbonyl (C=O) groups is 1. The smallest absolute Gasteiger partial charge is 0.255 e. The molecule has 0 spiro atoms. The summed E-state index contributed by atoms with van der Waals surface area (Å²) in [5.74, 6) is 0.945. The van der Waals surface area contributed by atoms with Crippen LogP contribution in [-0.2, 0) is 18.3 Å². The minimum absolute atomic E-state index is 0.0646. The highest BCUT2D eigenvalue weighted by molar-refractivity contribution is 7.08. The molecule has 0 bridgehead atoms. The Morgan fingerprint density at radius 1 is 1.43 bits per heavy atom. The van der Waals surface area contributed by atoms with Gasteiger partial charge in [-0.3, -0.25) is 9.48 Å². The van der Waals surface area contributed by atoms with E-state index in [9.17, 15) is 4.79 Å². The molecule has 1 aliphatic carbocycles. The van der Waals surface area contributed by atoms with Gasteiger partial charge >= 0.3 is 0 Å². The van der Waals surface area contributed by atoms with E-state index in [1.54, 1.807) is 11.3 Å². The van der Waals surface area contributed by atoms with Crippen molar-refractivity contribution >= 4 is 17.2 Å². The van der Waals surface area contributed by atoms with Gasteiger partial charge in [-0.1, -0.05) is 5.21 Å². The first-order chi connectivity index (χ1) is 11.2. The molecule has 4 rings (SSSR count). The molecule has 0 N–H and O–H groups in total. The van der Waals surface area contributed by atoms with Gasteiger partial charge in [-0.25, -0.2) is 0 Å². The summed E-state index contributed by atoms with van der Waals surface area (Å²) in [5, 5.41) is 12.2. The summed E-state index contributed by atoms with van der Waals surface area (Å²) < 4.78 is 7.72. The first kappa shape index (κ1) is 14.8. The number of aromatic nitrogens is 3. The van der Waals surface area contributed by atoms with Crippen molar-refractivity contribution in [1.82, 2.24) is 19.9 Å². The second-order valence-electron chi connectivity index (χ2n) is 6.42. The summed E-state index contributed by atoms with van der Waals surface area (Å²) in [4.78, 5) is 14.5. The molecule has 0 radical (unpaired) electrons. The number of thiophene rings is 1. The van der Waals surface area contributed by atoms with Gasteiger partial charge in [0.2, 0.25) is 0 Å². The van der Waals surface area contributed by atoms with Gasteiger partial charge in [0.15, 0.2) is 0 Å². The zero-order chi connectivity index (χ0) is 15.8. The van der Waals surface area contributed by atoms with E-state index < -0.39 is 0 Å². The SMILES string of the molecule is Cn1nnc2c1C(COCC1CC1)CN(C(=O)c1ccsc1)C2. The fraction of sp³-hybridized carbons (Fsp3) is 0.562. The van der Waals surface area contributed by atoms with E-state index >= 15 is 0 Å². The van der Waals surface area contributed by atoms with Crippen LogP contribution >= 0.6 is 11.3 Å². The average Bonchev–Trinajstić information content (AvgIpc) is 3.07. The maximum atomic E-state index is 12.7. The molecule has 2 aliphatic rings. The number of aryl methyl sites for hydroxylation is 1. The highest BCUT2D eigenvalue weighted by Crippen LogP contribution is 2.31. The Labute approximate surface area is 139 Å². The van der Waals surface area contributed by atoms with Gasteiger partial charge < -0.3 is 9.64 Å². The Hall–Kier alpha value is -1.73. The van der Waals surface area contributed by atoms with Gasteiger partial charge in [-0.15, -0.1) is 5.10 Å². The van der Waals surface area contributed by atoms with Gasteiger partial charge in [0.1, 0.15) is 5.69 Å². The van der Waals surface area contributed by atoms with E-state index in [4.69, 9.17) is 4.74 Å². The molecule has 2 aromatic rings. The molecule has 23 heavy (non-hydrogen) atoms. The number of carbonyl (C=O) groups excluding carboxylic acids is 1. The Bertz CT molecular complexity index is 693. The molecule has 3 heterocycles. The number of rotatable bonds is 5. The van der Waals surface area contributed by atoms with Crippen LogP contribution in [0.2, 0.25) is 0 Å². The third kappa shape index (κ3) is 3.03. The van der Waals surface area contributed by atoms with E-state index in [0.29, 0.717) is 19.7 Å². The third-order valence-electron chi connectivity index (χ3n) is 4.54. The Morgan fingerprint density at radius 3 is 3.04 bits per heavy atom. The Balaban J connectivity index is 1.51. The molecule has 1 amide bonds. The van der Waals surface area contributed by atoms with Gasteiger partial charge in [-0.2, -0.15) is 11.3 Å². The minimum Gasteiger partial charge on any atom is -0.380 e. The highest BCUT2D eigenvalue weighted by atomic mass is 32.1. The van der Waals surface area contributed by atoms with Crippen molar-refractivity contribution in [3.05, 3.63) is 33.8 Å². The molecule has 1 saturated carbocycles. The average molecular weight is 332 g/mol. The number of hydrogen-bond acceptors (Lipinski definition) is 5. The summed E-state index contributed by atoms with van der Waals surface area (Å²) >= 11 is 1.54. The normalized spacial score (nSPS) is 20.6. The fourth-order valence-corrected chi connectivity index (χ4v) is 3.76. The maximum Gasteiger partial charge on any atom is 0.255 e. The van der Waals surface area contributed by atoms with Crippen LogP contribution in [0.4, 0.5) is 0 Å². The van der Waals surface area contributed by atoms with Crippen molar-refractivity contribution in [3.63, 3.8) is 0 Å². The van der Waals surface area contributed by atoms with Crippen molar-refractivity contribution in [3.8, 4) is 0 Å². The molecule has 0 saturated heterocycles. The largest absolute Gasteiger partial charge is 0.380 e. The lowest BCUT2D eigenvalue weighted by Crippen LogP contribution is -2.40.